The van der Waals surface area contributed by atoms with E-state index in [0.29, 0.717) is 18.2 Å². The van der Waals surface area contributed by atoms with Crippen LogP contribution in [0.1, 0.15) is 12.5 Å². The number of aromatic nitrogens is 1. The molecule has 6 heteroatoms. The third kappa shape index (κ3) is 1.70. The highest BCUT2D eigenvalue weighted by atomic mass is 35.5. The zero-order valence-corrected chi connectivity index (χ0v) is 10.8. The fraction of sp³-hybridized carbons (Fsp3) is 0.500. The number of halogens is 1. The average molecular weight is 268 g/mol. The number of anilines is 1. The summed E-state index contributed by atoms with van der Waals surface area (Å²) in [6, 6.07) is 4.09. The van der Waals surface area contributed by atoms with Crippen LogP contribution < -0.4 is 4.90 Å². The van der Waals surface area contributed by atoms with Crippen molar-refractivity contribution in [1.29, 1.82) is 0 Å². The van der Waals surface area contributed by atoms with Crippen molar-refractivity contribution in [3.63, 3.8) is 0 Å². The fourth-order valence-electron chi connectivity index (χ4n) is 2.98. The molecule has 3 rings (SSSR count). The Morgan fingerprint density at radius 3 is 3.00 bits per heavy atom. The normalized spacial score (nSPS) is 25.9. The molecule has 0 spiro atoms. The number of pyridine rings is 1. The Labute approximate surface area is 110 Å². The quantitative estimate of drug-likeness (QED) is 0.729. The van der Waals surface area contributed by atoms with Crippen molar-refractivity contribution in [2.45, 2.75) is 25.4 Å². The first-order valence-electron chi connectivity index (χ1n) is 5.98. The first kappa shape index (κ1) is 11.6. The topological polar surface area (TPSA) is 56.7 Å². The number of fused-ring (bicyclic) bond motifs is 3. The highest BCUT2D eigenvalue weighted by Gasteiger charge is 2.40. The van der Waals surface area contributed by atoms with Crippen molar-refractivity contribution in [3.05, 3.63) is 22.8 Å². The standard InChI is InChI=1S/C12H14ClN3O2/c1-7-5-15(12(17)18)6-9-4-8-2-3-10(13)14-11(8)16(7)9/h2-3,7,9H,4-6H2,1H3,(H,17,18)/t7-,9-/m1/s1. The van der Waals surface area contributed by atoms with Crippen LogP contribution >= 0.6 is 11.6 Å². The maximum Gasteiger partial charge on any atom is 0.407 e. The molecule has 5 nitrogen and oxygen atoms in total. The van der Waals surface area contributed by atoms with Gasteiger partial charge in [-0.15, -0.1) is 0 Å². The van der Waals surface area contributed by atoms with E-state index in [4.69, 9.17) is 16.7 Å². The van der Waals surface area contributed by atoms with E-state index in [-0.39, 0.29) is 12.1 Å². The van der Waals surface area contributed by atoms with Gasteiger partial charge in [-0.1, -0.05) is 17.7 Å². The molecule has 0 aromatic carbocycles. The molecule has 1 saturated heterocycles. The Morgan fingerprint density at radius 1 is 1.50 bits per heavy atom. The Balaban J connectivity index is 1.93. The van der Waals surface area contributed by atoms with Crippen LogP contribution in [-0.4, -0.2) is 46.3 Å². The number of hydrogen-bond donors (Lipinski definition) is 1. The zero-order valence-electron chi connectivity index (χ0n) is 10.0. The van der Waals surface area contributed by atoms with Gasteiger partial charge in [-0.05, 0) is 25.0 Å². The molecule has 1 aromatic rings. The molecule has 1 N–H and O–H groups in total. The lowest BCUT2D eigenvalue weighted by Gasteiger charge is -2.42. The van der Waals surface area contributed by atoms with Crippen LogP contribution in [0.15, 0.2) is 12.1 Å². The summed E-state index contributed by atoms with van der Waals surface area (Å²) in [5, 5.41) is 9.60. The van der Waals surface area contributed by atoms with Crippen LogP contribution in [0.4, 0.5) is 10.6 Å². The molecule has 3 heterocycles. The van der Waals surface area contributed by atoms with Gasteiger partial charge < -0.3 is 14.9 Å². The smallest absolute Gasteiger partial charge is 0.407 e. The average Bonchev–Trinajstić information content (AvgIpc) is 2.66. The molecule has 0 unspecified atom stereocenters. The van der Waals surface area contributed by atoms with Gasteiger partial charge in [-0.3, -0.25) is 0 Å². The molecule has 96 valence electrons. The minimum absolute atomic E-state index is 0.132. The largest absolute Gasteiger partial charge is 0.465 e. The number of hydrogen-bond acceptors (Lipinski definition) is 3. The van der Waals surface area contributed by atoms with Crippen molar-refractivity contribution < 1.29 is 9.90 Å². The van der Waals surface area contributed by atoms with E-state index in [1.165, 1.54) is 4.90 Å². The predicted octanol–water partition coefficient (Wildman–Crippen LogP) is 1.85. The third-order valence-electron chi connectivity index (χ3n) is 3.68. The SMILES string of the molecule is C[C@@H]1CN(C(=O)O)C[C@H]2Cc3ccc(Cl)nc3N21. The Bertz CT molecular complexity index is 508. The predicted molar refractivity (Wildman–Crippen MR) is 68.3 cm³/mol. The van der Waals surface area contributed by atoms with Gasteiger partial charge in [-0.25, -0.2) is 9.78 Å². The summed E-state index contributed by atoms with van der Waals surface area (Å²) in [5.41, 5.74) is 1.16. The maximum atomic E-state index is 11.1. The Kier molecular flexibility index (Phi) is 2.59. The summed E-state index contributed by atoms with van der Waals surface area (Å²) >= 11 is 5.94. The molecular formula is C12H14ClN3O2. The lowest BCUT2D eigenvalue weighted by Crippen LogP contribution is -2.57. The maximum absolute atomic E-state index is 11.1. The van der Waals surface area contributed by atoms with E-state index in [2.05, 4.69) is 9.88 Å². The molecular weight excluding hydrogens is 254 g/mol. The lowest BCUT2D eigenvalue weighted by atomic mass is 10.1. The monoisotopic (exact) mass is 267 g/mol. The van der Waals surface area contributed by atoms with Gasteiger partial charge >= 0.3 is 6.09 Å². The van der Waals surface area contributed by atoms with Gasteiger partial charge in [0.2, 0.25) is 0 Å². The number of amides is 1. The van der Waals surface area contributed by atoms with E-state index in [1.807, 2.05) is 13.0 Å². The summed E-state index contributed by atoms with van der Waals surface area (Å²) < 4.78 is 0. The summed E-state index contributed by atoms with van der Waals surface area (Å²) in [7, 11) is 0. The molecule has 18 heavy (non-hydrogen) atoms. The lowest BCUT2D eigenvalue weighted by molar-refractivity contribution is 0.128. The van der Waals surface area contributed by atoms with Gasteiger partial charge in [0.15, 0.2) is 0 Å². The molecule has 2 atom stereocenters. The van der Waals surface area contributed by atoms with Crippen LogP contribution in [0.2, 0.25) is 5.15 Å². The summed E-state index contributed by atoms with van der Waals surface area (Å²) in [6.45, 7) is 3.08. The number of piperazine rings is 1. The highest BCUT2D eigenvalue weighted by Crippen LogP contribution is 2.35. The van der Waals surface area contributed by atoms with E-state index in [0.717, 1.165) is 17.8 Å². The zero-order chi connectivity index (χ0) is 12.9. The van der Waals surface area contributed by atoms with Crippen LogP contribution in [0.3, 0.4) is 0 Å². The van der Waals surface area contributed by atoms with Gasteiger partial charge in [0.25, 0.3) is 0 Å². The Hall–Kier alpha value is -1.49. The number of nitrogens with zero attached hydrogens (tertiary/aromatic N) is 3. The molecule has 1 amide bonds. The molecule has 0 saturated carbocycles. The summed E-state index contributed by atoms with van der Waals surface area (Å²) in [6.07, 6.45) is -0.00313. The number of carboxylic acid groups (broad SMARTS) is 1. The minimum atomic E-state index is -0.844. The Morgan fingerprint density at radius 2 is 2.28 bits per heavy atom. The van der Waals surface area contributed by atoms with Crippen molar-refractivity contribution in [1.82, 2.24) is 9.88 Å². The third-order valence-corrected chi connectivity index (χ3v) is 3.89. The fourth-order valence-corrected chi connectivity index (χ4v) is 3.12. The number of carbonyl (C=O) groups is 1. The second-order valence-corrected chi connectivity index (χ2v) is 5.31. The molecule has 1 fully saturated rings. The second-order valence-electron chi connectivity index (χ2n) is 4.92. The van der Waals surface area contributed by atoms with Crippen LogP contribution in [-0.2, 0) is 6.42 Å². The van der Waals surface area contributed by atoms with Crippen LogP contribution in [0.5, 0.6) is 0 Å². The van der Waals surface area contributed by atoms with Crippen LogP contribution in [0.25, 0.3) is 0 Å². The molecule has 2 aliphatic rings. The highest BCUT2D eigenvalue weighted by molar-refractivity contribution is 6.29. The van der Waals surface area contributed by atoms with Gasteiger partial charge in [0.1, 0.15) is 11.0 Å². The summed E-state index contributed by atoms with van der Waals surface area (Å²) in [5.74, 6) is 0.921. The van der Waals surface area contributed by atoms with Gasteiger partial charge in [-0.2, -0.15) is 0 Å². The minimum Gasteiger partial charge on any atom is -0.465 e. The summed E-state index contributed by atoms with van der Waals surface area (Å²) in [4.78, 5) is 19.2. The van der Waals surface area contributed by atoms with Crippen molar-refractivity contribution in [2.75, 3.05) is 18.0 Å². The van der Waals surface area contributed by atoms with Crippen molar-refractivity contribution in [3.8, 4) is 0 Å². The van der Waals surface area contributed by atoms with Crippen molar-refractivity contribution >= 4 is 23.5 Å². The molecule has 1 aromatic heterocycles. The van der Waals surface area contributed by atoms with E-state index in [9.17, 15) is 4.79 Å². The van der Waals surface area contributed by atoms with Gasteiger partial charge in [0, 0.05) is 19.1 Å². The van der Waals surface area contributed by atoms with Crippen molar-refractivity contribution in [2.24, 2.45) is 0 Å². The van der Waals surface area contributed by atoms with E-state index >= 15 is 0 Å². The van der Waals surface area contributed by atoms with Gasteiger partial charge in [0.05, 0.1) is 6.04 Å². The van der Waals surface area contributed by atoms with Crippen LogP contribution in [0, 0.1) is 0 Å². The molecule has 2 aliphatic heterocycles. The molecule has 0 aliphatic carbocycles. The number of rotatable bonds is 0. The van der Waals surface area contributed by atoms with E-state index < -0.39 is 6.09 Å². The second kappa shape index (κ2) is 4.02. The molecule has 0 radical (unpaired) electrons. The molecule has 0 bridgehead atoms. The first-order chi connectivity index (χ1) is 8.56. The van der Waals surface area contributed by atoms with E-state index in [1.54, 1.807) is 6.07 Å². The first-order valence-corrected chi connectivity index (χ1v) is 6.35.